The van der Waals surface area contributed by atoms with Gasteiger partial charge in [-0.15, -0.1) is 0 Å². The molecular formula is C27H32FN5O2. The van der Waals surface area contributed by atoms with E-state index in [4.69, 9.17) is 5.26 Å². The number of aliphatic imine (C=N–C) groups is 1. The number of carbonyl (C=O) groups is 2. The Morgan fingerprint density at radius 3 is 2.29 bits per heavy atom. The zero-order valence-corrected chi connectivity index (χ0v) is 20.3. The molecule has 0 amide bonds. The van der Waals surface area contributed by atoms with Gasteiger partial charge in [-0.2, -0.15) is 5.26 Å². The number of nitriles is 1. The molecule has 1 aliphatic rings. The van der Waals surface area contributed by atoms with Crippen LogP contribution in [0.5, 0.6) is 0 Å². The predicted molar refractivity (Wildman–Crippen MR) is 135 cm³/mol. The van der Waals surface area contributed by atoms with E-state index in [1.165, 1.54) is 31.5 Å². The largest absolute Gasteiger partial charge is 0.325 e. The number of benzene rings is 2. The summed E-state index contributed by atoms with van der Waals surface area (Å²) in [6.45, 7) is 6.39. The topological polar surface area (TPSA) is 97.6 Å². The van der Waals surface area contributed by atoms with Gasteiger partial charge in [0.15, 0.2) is 17.8 Å². The molecule has 2 aromatic carbocycles. The summed E-state index contributed by atoms with van der Waals surface area (Å²) in [4.78, 5) is 30.5. The van der Waals surface area contributed by atoms with E-state index in [-0.39, 0.29) is 23.3 Å². The minimum atomic E-state index is -0.194. The number of carbonyl (C=O) groups excluding carboxylic acids is 2. The Kier molecular flexibility index (Phi) is 9.50. The fourth-order valence-electron chi connectivity index (χ4n) is 4.26. The average molecular weight is 478 g/mol. The monoisotopic (exact) mass is 477 g/mol. The highest BCUT2D eigenvalue weighted by Crippen LogP contribution is 2.22. The number of likely N-dealkylation sites (tertiary alicyclic amines) is 1. The van der Waals surface area contributed by atoms with Gasteiger partial charge in [0.2, 0.25) is 5.96 Å². The first kappa shape index (κ1) is 26.0. The first-order chi connectivity index (χ1) is 16.8. The van der Waals surface area contributed by atoms with E-state index in [1.807, 2.05) is 18.3 Å². The van der Waals surface area contributed by atoms with Gasteiger partial charge in [0.25, 0.3) is 0 Å². The number of piperidine rings is 1. The number of Topliss-reactive ketones (excluding diaryl/α,β-unsaturated/α-hetero) is 2. The van der Waals surface area contributed by atoms with Crippen molar-refractivity contribution in [2.75, 3.05) is 31.5 Å². The minimum absolute atomic E-state index is 0.149. The molecule has 0 saturated carbocycles. The Morgan fingerprint density at radius 2 is 1.71 bits per heavy atom. The van der Waals surface area contributed by atoms with Crippen LogP contribution in [0.1, 0.15) is 59.4 Å². The van der Waals surface area contributed by atoms with E-state index in [0.717, 1.165) is 45.3 Å². The quantitative estimate of drug-likeness (QED) is 0.139. The maximum atomic E-state index is 13.1. The van der Waals surface area contributed by atoms with Crippen molar-refractivity contribution in [2.45, 2.75) is 39.5 Å². The molecule has 0 bridgehead atoms. The smallest absolute Gasteiger partial charge is 0.209 e. The normalized spacial score (nSPS) is 14.9. The summed E-state index contributed by atoms with van der Waals surface area (Å²) in [6.07, 6.45) is 5.94. The first-order valence-electron chi connectivity index (χ1n) is 11.9. The SMILES string of the molecule is CC(=O)c1cc(NC(=NCCCN2CCC(Cc3ccc(F)cc3)CC2)NC#N)cc(C(C)=O)c1. The van der Waals surface area contributed by atoms with Gasteiger partial charge in [-0.1, -0.05) is 12.1 Å². The lowest BCUT2D eigenvalue weighted by atomic mass is 9.90. The third-order valence-corrected chi connectivity index (χ3v) is 6.23. The Hall–Kier alpha value is -3.57. The van der Waals surface area contributed by atoms with Crippen LogP contribution >= 0.6 is 0 Å². The molecule has 0 unspecified atom stereocenters. The van der Waals surface area contributed by atoms with Crippen LogP contribution in [0, 0.1) is 23.2 Å². The van der Waals surface area contributed by atoms with E-state index in [9.17, 15) is 14.0 Å². The van der Waals surface area contributed by atoms with Crippen molar-refractivity contribution in [3.05, 3.63) is 65.0 Å². The van der Waals surface area contributed by atoms with Crippen LogP contribution in [0.15, 0.2) is 47.5 Å². The summed E-state index contributed by atoms with van der Waals surface area (Å²) < 4.78 is 13.1. The third kappa shape index (κ3) is 8.30. The van der Waals surface area contributed by atoms with Crippen LogP contribution in [0.3, 0.4) is 0 Å². The summed E-state index contributed by atoms with van der Waals surface area (Å²) in [6, 6.07) is 11.6. The second-order valence-corrected chi connectivity index (χ2v) is 8.97. The Balaban J connectivity index is 1.48. The van der Waals surface area contributed by atoms with E-state index < -0.39 is 0 Å². The maximum Gasteiger partial charge on any atom is 0.209 e. The molecule has 0 radical (unpaired) electrons. The predicted octanol–water partition coefficient (Wildman–Crippen LogP) is 4.41. The van der Waals surface area contributed by atoms with Crippen molar-refractivity contribution in [1.29, 1.82) is 5.26 Å². The lowest BCUT2D eigenvalue weighted by molar-refractivity contribution is 0.101. The molecule has 2 aromatic rings. The number of hydrogen-bond acceptors (Lipinski definition) is 5. The van der Waals surface area contributed by atoms with Gasteiger partial charge >= 0.3 is 0 Å². The average Bonchev–Trinajstić information content (AvgIpc) is 2.84. The van der Waals surface area contributed by atoms with Crippen molar-refractivity contribution in [3.63, 3.8) is 0 Å². The zero-order valence-electron chi connectivity index (χ0n) is 20.3. The van der Waals surface area contributed by atoms with Crippen LogP contribution in [-0.2, 0) is 6.42 Å². The van der Waals surface area contributed by atoms with Crippen LogP contribution in [-0.4, -0.2) is 48.6 Å². The summed E-state index contributed by atoms with van der Waals surface area (Å²) in [7, 11) is 0. The minimum Gasteiger partial charge on any atom is -0.325 e. The van der Waals surface area contributed by atoms with Crippen LogP contribution in [0.2, 0.25) is 0 Å². The molecule has 1 heterocycles. The second kappa shape index (κ2) is 12.8. The molecule has 1 saturated heterocycles. The molecule has 184 valence electrons. The lowest BCUT2D eigenvalue weighted by Crippen LogP contribution is -2.35. The molecule has 0 aromatic heterocycles. The van der Waals surface area contributed by atoms with Crippen molar-refractivity contribution >= 4 is 23.2 Å². The molecular weight excluding hydrogens is 445 g/mol. The van der Waals surface area contributed by atoms with Crippen molar-refractivity contribution in [3.8, 4) is 6.19 Å². The molecule has 8 heteroatoms. The van der Waals surface area contributed by atoms with Crippen LogP contribution in [0.4, 0.5) is 10.1 Å². The van der Waals surface area contributed by atoms with Crippen molar-refractivity contribution < 1.29 is 14.0 Å². The number of nitrogens with one attached hydrogen (secondary N) is 2. The number of anilines is 1. The highest BCUT2D eigenvalue weighted by Gasteiger charge is 2.19. The Labute approximate surface area is 206 Å². The summed E-state index contributed by atoms with van der Waals surface area (Å²) >= 11 is 0. The fraction of sp³-hybridized carbons (Fsp3) is 0.407. The van der Waals surface area contributed by atoms with Gasteiger partial charge < -0.3 is 10.2 Å². The first-order valence-corrected chi connectivity index (χ1v) is 11.9. The molecule has 3 rings (SSSR count). The van der Waals surface area contributed by atoms with Gasteiger partial charge in [-0.25, -0.2) is 4.39 Å². The van der Waals surface area contributed by atoms with Gasteiger partial charge in [0.1, 0.15) is 5.82 Å². The van der Waals surface area contributed by atoms with E-state index >= 15 is 0 Å². The van der Waals surface area contributed by atoms with E-state index in [1.54, 1.807) is 18.2 Å². The number of guanidine groups is 1. The van der Waals surface area contributed by atoms with Crippen molar-refractivity contribution in [2.24, 2.45) is 10.9 Å². The van der Waals surface area contributed by atoms with Crippen molar-refractivity contribution in [1.82, 2.24) is 10.2 Å². The van der Waals surface area contributed by atoms with Gasteiger partial charge in [-0.05, 0) is 101 Å². The summed E-state index contributed by atoms with van der Waals surface area (Å²) in [5.74, 6) is 0.408. The summed E-state index contributed by atoms with van der Waals surface area (Å²) in [5, 5.41) is 14.6. The number of ketones is 2. The Morgan fingerprint density at radius 1 is 1.09 bits per heavy atom. The molecule has 0 aliphatic carbocycles. The molecule has 35 heavy (non-hydrogen) atoms. The number of rotatable bonds is 9. The lowest BCUT2D eigenvalue weighted by Gasteiger charge is -2.31. The number of halogens is 1. The molecule has 2 N–H and O–H groups in total. The molecule has 1 aliphatic heterocycles. The molecule has 1 fully saturated rings. The standard InChI is InChI=1S/C27H32FN5O2/c1-19(34)23-15-24(20(2)35)17-26(16-23)32-27(31-18-29)30-10-3-11-33-12-8-22(9-13-33)14-21-4-6-25(28)7-5-21/h4-7,15-17,22H,3,8-14H2,1-2H3,(H2,30,31,32). The van der Waals surface area contributed by atoms with Crippen LogP contribution in [0.25, 0.3) is 0 Å². The molecule has 7 nitrogen and oxygen atoms in total. The molecule has 0 atom stereocenters. The van der Waals surface area contributed by atoms with Gasteiger partial charge in [0.05, 0.1) is 0 Å². The highest BCUT2D eigenvalue weighted by atomic mass is 19.1. The molecule has 0 spiro atoms. The Bertz CT molecular complexity index is 1070. The highest BCUT2D eigenvalue weighted by molar-refractivity contribution is 6.03. The van der Waals surface area contributed by atoms with Gasteiger partial charge in [-0.3, -0.25) is 19.9 Å². The maximum absolute atomic E-state index is 13.1. The third-order valence-electron chi connectivity index (χ3n) is 6.23. The van der Waals surface area contributed by atoms with Crippen LogP contribution < -0.4 is 10.6 Å². The second-order valence-electron chi connectivity index (χ2n) is 8.97. The zero-order chi connectivity index (χ0) is 25.2. The number of nitrogens with zero attached hydrogens (tertiary/aromatic N) is 3. The van der Waals surface area contributed by atoms with E-state index in [2.05, 4.69) is 20.5 Å². The fourth-order valence-corrected chi connectivity index (χ4v) is 4.26. The summed E-state index contributed by atoms with van der Waals surface area (Å²) in [5.41, 5.74) is 2.54. The van der Waals surface area contributed by atoms with E-state index in [0.29, 0.717) is 29.3 Å². The van der Waals surface area contributed by atoms with Gasteiger partial charge in [0, 0.05) is 23.4 Å². The number of hydrogen-bond donors (Lipinski definition) is 2.